The number of amides is 3. The molecule has 0 aliphatic rings. The average molecular weight is 438 g/mol. The monoisotopic (exact) mass is 437 g/mol. The van der Waals surface area contributed by atoms with Crippen LogP contribution in [0.25, 0.3) is 0 Å². The molecule has 0 saturated carbocycles. The number of halogens is 1. The molecule has 1 unspecified atom stereocenters. The van der Waals surface area contributed by atoms with Crippen LogP contribution in [0.5, 0.6) is 0 Å². The first kappa shape index (κ1) is 20.5. The zero-order valence-electron chi connectivity index (χ0n) is 15.2. The SMILES string of the molecule is CC(C)C(NC(=O)NCc1ccccc1)C(=O)N(C)Cc1cc(Br)cs1. The molecule has 1 atom stereocenters. The minimum atomic E-state index is -0.570. The number of thiophene rings is 1. The molecule has 3 amide bonds. The van der Waals surface area contributed by atoms with Gasteiger partial charge in [0.15, 0.2) is 0 Å². The van der Waals surface area contributed by atoms with Crippen LogP contribution in [0.2, 0.25) is 0 Å². The van der Waals surface area contributed by atoms with Crippen molar-refractivity contribution in [1.82, 2.24) is 15.5 Å². The van der Waals surface area contributed by atoms with Gasteiger partial charge in [-0.15, -0.1) is 11.3 Å². The molecule has 0 bridgehead atoms. The minimum Gasteiger partial charge on any atom is -0.339 e. The van der Waals surface area contributed by atoms with Gasteiger partial charge in [0, 0.05) is 28.3 Å². The highest BCUT2D eigenvalue weighted by atomic mass is 79.9. The number of likely N-dealkylation sites (N-methyl/N-ethyl adjacent to an activating group) is 1. The Morgan fingerprint density at radius 1 is 1.23 bits per heavy atom. The highest BCUT2D eigenvalue weighted by molar-refractivity contribution is 9.10. The van der Waals surface area contributed by atoms with E-state index < -0.39 is 6.04 Å². The van der Waals surface area contributed by atoms with E-state index >= 15 is 0 Å². The first-order chi connectivity index (χ1) is 12.4. The summed E-state index contributed by atoms with van der Waals surface area (Å²) in [5.41, 5.74) is 1.01. The molecule has 0 spiro atoms. The van der Waals surface area contributed by atoms with Crippen LogP contribution in [-0.4, -0.2) is 29.9 Å². The molecule has 0 aliphatic heterocycles. The third-order valence-electron chi connectivity index (χ3n) is 3.91. The van der Waals surface area contributed by atoms with E-state index in [1.165, 1.54) is 0 Å². The van der Waals surface area contributed by atoms with Crippen molar-refractivity contribution in [2.75, 3.05) is 7.05 Å². The Balaban J connectivity index is 1.91. The van der Waals surface area contributed by atoms with Crippen molar-refractivity contribution in [2.24, 2.45) is 5.92 Å². The second-order valence-electron chi connectivity index (χ2n) is 6.46. The van der Waals surface area contributed by atoms with E-state index in [1.54, 1.807) is 23.3 Å². The summed E-state index contributed by atoms with van der Waals surface area (Å²) >= 11 is 5.02. The van der Waals surface area contributed by atoms with E-state index in [2.05, 4.69) is 26.6 Å². The maximum atomic E-state index is 12.8. The number of rotatable bonds is 7. The largest absolute Gasteiger partial charge is 0.339 e. The van der Waals surface area contributed by atoms with Crippen molar-refractivity contribution in [1.29, 1.82) is 0 Å². The maximum Gasteiger partial charge on any atom is 0.315 e. The molecule has 2 N–H and O–H groups in total. The molecule has 0 radical (unpaired) electrons. The summed E-state index contributed by atoms with van der Waals surface area (Å²) in [6, 6.07) is 10.8. The van der Waals surface area contributed by atoms with Crippen molar-refractivity contribution in [3.8, 4) is 0 Å². The maximum absolute atomic E-state index is 12.8. The number of hydrogen-bond acceptors (Lipinski definition) is 3. The molecule has 2 rings (SSSR count). The van der Waals surface area contributed by atoms with E-state index in [4.69, 9.17) is 0 Å². The Labute approximate surface area is 166 Å². The number of carbonyl (C=O) groups is 2. The fourth-order valence-corrected chi connectivity index (χ4v) is 3.97. The highest BCUT2D eigenvalue weighted by Gasteiger charge is 2.27. The van der Waals surface area contributed by atoms with Crippen LogP contribution in [-0.2, 0) is 17.9 Å². The Kier molecular flexibility index (Phi) is 7.66. The number of nitrogens with zero attached hydrogens (tertiary/aromatic N) is 1. The first-order valence-electron chi connectivity index (χ1n) is 8.43. The van der Waals surface area contributed by atoms with Crippen LogP contribution in [0.4, 0.5) is 4.79 Å². The Bertz CT molecular complexity index is 733. The van der Waals surface area contributed by atoms with Gasteiger partial charge in [0.1, 0.15) is 6.04 Å². The molecular formula is C19H24BrN3O2S. The van der Waals surface area contributed by atoms with E-state index in [9.17, 15) is 9.59 Å². The zero-order valence-corrected chi connectivity index (χ0v) is 17.6. The van der Waals surface area contributed by atoms with Gasteiger partial charge in [-0.1, -0.05) is 44.2 Å². The summed E-state index contributed by atoms with van der Waals surface area (Å²) in [4.78, 5) is 27.7. The minimum absolute atomic E-state index is 0.0116. The second kappa shape index (κ2) is 9.73. The van der Waals surface area contributed by atoms with E-state index in [-0.39, 0.29) is 17.9 Å². The summed E-state index contributed by atoms with van der Waals surface area (Å²) in [7, 11) is 1.76. The van der Waals surface area contributed by atoms with Crippen LogP contribution in [0, 0.1) is 5.92 Å². The van der Waals surface area contributed by atoms with Gasteiger partial charge in [-0.2, -0.15) is 0 Å². The van der Waals surface area contributed by atoms with Crippen LogP contribution < -0.4 is 10.6 Å². The number of nitrogens with one attached hydrogen (secondary N) is 2. The average Bonchev–Trinajstić information content (AvgIpc) is 3.02. The summed E-state index contributed by atoms with van der Waals surface area (Å²) in [5.74, 6) is -0.109. The molecule has 1 heterocycles. The van der Waals surface area contributed by atoms with Crippen LogP contribution in [0.15, 0.2) is 46.3 Å². The molecule has 1 aromatic carbocycles. The molecule has 0 aliphatic carbocycles. The first-order valence-corrected chi connectivity index (χ1v) is 10.1. The molecule has 7 heteroatoms. The molecule has 26 heavy (non-hydrogen) atoms. The Hall–Kier alpha value is -1.86. The van der Waals surface area contributed by atoms with Crippen molar-refractivity contribution in [3.05, 3.63) is 56.7 Å². The van der Waals surface area contributed by atoms with E-state index in [0.29, 0.717) is 13.1 Å². The number of benzene rings is 1. The van der Waals surface area contributed by atoms with Gasteiger partial charge in [0.25, 0.3) is 0 Å². The molecular weight excluding hydrogens is 414 g/mol. The Morgan fingerprint density at radius 2 is 1.92 bits per heavy atom. The predicted molar refractivity (Wildman–Crippen MR) is 109 cm³/mol. The van der Waals surface area contributed by atoms with Gasteiger partial charge in [-0.25, -0.2) is 4.79 Å². The van der Waals surface area contributed by atoms with Gasteiger partial charge < -0.3 is 15.5 Å². The molecule has 2 aromatic rings. The fraction of sp³-hybridized carbons (Fsp3) is 0.368. The van der Waals surface area contributed by atoms with Gasteiger partial charge >= 0.3 is 6.03 Å². The van der Waals surface area contributed by atoms with Gasteiger partial charge in [-0.3, -0.25) is 4.79 Å². The van der Waals surface area contributed by atoms with Crippen molar-refractivity contribution in [3.63, 3.8) is 0 Å². The van der Waals surface area contributed by atoms with Gasteiger partial charge in [0.2, 0.25) is 5.91 Å². The van der Waals surface area contributed by atoms with Crippen molar-refractivity contribution < 1.29 is 9.59 Å². The van der Waals surface area contributed by atoms with Crippen molar-refractivity contribution in [2.45, 2.75) is 33.0 Å². The second-order valence-corrected chi connectivity index (χ2v) is 8.37. The molecule has 0 saturated heterocycles. The lowest BCUT2D eigenvalue weighted by Gasteiger charge is -2.27. The topological polar surface area (TPSA) is 61.4 Å². The molecule has 1 aromatic heterocycles. The van der Waals surface area contributed by atoms with Crippen LogP contribution >= 0.6 is 27.3 Å². The summed E-state index contributed by atoms with van der Waals surface area (Å²) in [6.07, 6.45) is 0. The summed E-state index contributed by atoms with van der Waals surface area (Å²) < 4.78 is 1.01. The zero-order chi connectivity index (χ0) is 19.1. The van der Waals surface area contributed by atoms with Gasteiger partial charge in [-0.05, 0) is 33.5 Å². The summed E-state index contributed by atoms with van der Waals surface area (Å²) in [6.45, 7) is 4.79. The lowest BCUT2D eigenvalue weighted by molar-refractivity contribution is -0.133. The van der Waals surface area contributed by atoms with E-state index in [1.807, 2.05) is 55.6 Å². The number of urea groups is 1. The third kappa shape index (κ3) is 6.14. The summed E-state index contributed by atoms with van der Waals surface area (Å²) in [5, 5.41) is 7.61. The number of carbonyl (C=O) groups excluding carboxylic acids is 2. The number of hydrogen-bond donors (Lipinski definition) is 2. The Morgan fingerprint density at radius 3 is 2.50 bits per heavy atom. The quantitative estimate of drug-likeness (QED) is 0.687. The van der Waals surface area contributed by atoms with E-state index in [0.717, 1.165) is 14.9 Å². The molecule has 5 nitrogen and oxygen atoms in total. The standard InChI is InChI=1S/C19H24BrN3O2S/c1-13(2)17(18(24)23(3)11-16-9-15(20)12-26-16)22-19(25)21-10-14-7-5-4-6-8-14/h4-9,12-13,17H,10-11H2,1-3H3,(H2,21,22,25). The van der Waals surface area contributed by atoms with Crippen LogP contribution in [0.1, 0.15) is 24.3 Å². The third-order valence-corrected chi connectivity index (χ3v) is 5.59. The lowest BCUT2D eigenvalue weighted by atomic mass is 10.0. The smallest absolute Gasteiger partial charge is 0.315 e. The highest BCUT2D eigenvalue weighted by Crippen LogP contribution is 2.21. The fourth-order valence-electron chi connectivity index (χ4n) is 2.47. The lowest BCUT2D eigenvalue weighted by Crippen LogP contribution is -2.52. The van der Waals surface area contributed by atoms with Crippen LogP contribution in [0.3, 0.4) is 0 Å². The van der Waals surface area contributed by atoms with Gasteiger partial charge in [0.05, 0.1) is 6.54 Å². The van der Waals surface area contributed by atoms with Crippen molar-refractivity contribution >= 4 is 39.2 Å². The molecule has 140 valence electrons. The molecule has 0 fully saturated rings. The predicted octanol–water partition coefficient (Wildman–Crippen LogP) is 3.99. The normalized spacial score (nSPS) is 11.9.